The molecule has 0 saturated carbocycles. The smallest absolute Gasteiger partial charge is 0.407 e. The maximum absolute atomic E-state index is 12.0. The second kappa shape index (κ2) is 13.8. The maximum Gasteiger partial charge on any atom is 0.407 e. The molecule has 2 atom stereocenters. The highest BCUT2D eigenvalue weighted by Crippen LogP contribution is 2.30. The number of ether oxygens (including phenoxy) is 3. The second-order valence-corrected chi connectivity index (χ2v) is 12.9. The molecular weight excluding hydrogens is 600 g/mol. The number of carbonyl (C=O) groups is 1. The van der Waals surface area contributed by atoms with E-state index in [-0.39, 0.29) is 24.6 Å². The van der Waals surface area contributed by atoms with E-state index in [0.29, 0.717) is 10.7 Å². The van der Waals surface area contributed by atoms with Crippen LogP contribution in [0.4, 0.5) is 10.6 Å². The molecule has 4 aromatic heterocycles. The highest BCUT2D eigenvalue weighted by Gasteiger charge is 2.27. The number of amides is 1. The molecular formula is C30H41ClN10O4. The van der Waals surface area contributed by atoms with Crippen molar-refractivity contribution >= 4 is 45.8 Å². The summed E-state index contributed by atoms with van der Waals surface area (Å²) < 4.78 is 20.9. The molecule has 2 unspecified atom stereocenters. The largest absolute Gasteiger partial charge is 0.444 e. The summed E-state index contributed by atoms with van der Waals surface area (Å²) in [5.41, 5.74) is 2.51. The van der Waals surface area contributed by atoms with Crippen LogP contribution in [-0.4, -0.2) is 83.1 Å². The Kier molecular flexibility index (Phi) is 9.61. The molecule has 4 aromatic rings. The van der Waals surface area contributed by atoms with Crippen molar-refractivity contribution in [3.63, 3.8) is 0 Å². The van der Waals surface area contributed by atoms with Gasteiger partial charge in [-0.2, -0.15) is 0 Å². The van der Waals surface area contributed by atoms with Gasteiger partial charge in [-0.3, -0.25) is 9.13 Å². The van der Waals surface area contributed by atoms with Gasteiger partial charge in [0.1, 0.15) is 36.2 Å². The average molecular weight is 641 g/mol. The zero-order valence-electron chi connectivity index (χ0n) is 26.1. The second-order valence-electron chi connectivity index (χ2n) is 12.6. The molecule has 3 fully saturated rings. The Bertz CT molecular complexity index is 1580. The molecule has 0 bridgehead atoms. The third-order valence-corrected chi connectivity index (χ3v) is 8.38. The van der Waals surface area contributed by atoms with Gasteiger partial charge in [0, 0.05) is 32.3 Å². The summed E-state index contributed by atoms with van der Waals surface area (Å²) in [4.78, 5) is 40.1. The number of imidazole rings is 2. The summed E-state index contributed by atoms with van der Waals surface area (Å²) in [6, 6.07) is 0.103. The molecule has 3 saturated heterocycles. The number of halogens is 1. The number of nitrogens with one attached hydrogen (secondary N) is 1. The molecule has 14 nitrogen and oxygen atoms in total. The molecule has 3 aliphatic heterocycles. The van der Waals surface area contributed by atoms with Crippen molar-refractivity contribution in [1.82, 2.24) is 44.4 Å². The summed E-state index contributed by atoms with van der Waals surface area (Å²) >= 11 is 5.94. The number of piperidine rings is 1. The van der Waals surface area contributed by atoms with Gasteiger partial charge in [-0.1, -0.05) is 11.6 Å². The molecule has 7 rings (SSSR count). The number of alkyl carbamates (subject to hydrolysis) is 1. The molecule has 0 spiro atoms. The van der Waals surface area contributed by atoms with E-state index in [2.05, 4.69) is 40.1 Å². The van der Waals surface area contributed by atoms with E-state index in [1.54, 1.807) is 12.7 Å². The lowest BCUT2D eigenvalue weighted by Gasteiger charge is -2.33. The van der Waals surface area contributed by atoms with Gasteiger partial charge in [-0.15, -0.1) is 0 Å². The SMILES string of the molecule is CC(C)(C)OC(=O)NC1CCN(c2ncnc3c2ncn3C2CCCCO2)CC1.Clc1ncnc2c1ncn2C1CCCCO1. The molecule has 45 heavy (non-hydrogen) atoms. The van der Waals surface area contributed by atoms with Gasteiger partial charge < -0.3 is 24.4 Å². The summed E-state index contributed by atoms with van der Waals surface area (Å²) in [5, 5.41) is 3.36. The van der Waals surface area contributed by atoms with Gasteiger partial charge in [0.2, 0.25) is 0 Å². The van der Waals surface area contributed by atoms with Crippen LogP contribution in [0.2, 0.25) is 5.15 Å². The van der Waals surface area contributed by atoms with Crippen molar-refractivity contribution in [2.45, 2.75) is 96.2 Å². The van der Waals surface area contributed by atoms with Crippen LogP contribution in [0.5, 0.6) is 0 Å². The Morgan fingerprint density at radius 2 is 1.40 bits per heavy atom. The van der Waals surface area contributed by atoms with Gasteiger partial charge >= 0.3 is 6.09 Å². The van der Waals surface area contributed by atoms with Gasteiger partial charge in [0.25, 0.3) is 0 Å². The summed E-state index contributed by atoms with van der Waals surface area (Å²) in [6.45, 7) is 8.76. The molecule has 7 heterocycles. The average Bonchev–Trinajstić information content (AvgIpc) is 3.68. The normalized spacial score (nSPS) is 21.4. The molecule has 3 aliphatic rings. The van der Waals surface area contributed by atoms with Crippen molar-refractivity contribution in [2.24, 2.45) is 0 Å². The van der Waals surface area contributed by atoms with E-state index in [1.807, 2.05) is 36.2 Å². The van der Waals surface area contributed by atoms with Gasteiger partial charge in [0.15, 0.2) is 27.8 Å². The molecule has 0 aromatic carbocycles. The summed E-state index contributed by atoms with van der Waals surface area (Å²) in [5.74, 6) is 0.847. The monoisotopic (exact) mass is 640 g/mol. The minimum atomic E-state index is -0.488. The predicted molar refractivity (Wildman–Crippen MR) is 168 cm³/mol. The fraction of sp³-hybridized carbons (Fsp3) is 0.633. The number of nitrogens with zero attached hydrogens (tertiary/aromatic N) is 9. The molecule has 0 aliphatic carbocycles. The van der Waals surface area contributed by atoms with E-state index in [1.165, 1.54) is 12.7 Å². The zero-order chi connectivity index (χ0) is 31.4. The number of hydrogen-bond donors (Lipinski definition) is 1. The Morgan fingerprint density at radius 3 is 1.98 bits per heavy atom. The quantitative estimate of drug-likeness (QED) is 0.294. The lowest BCUT2D eigenvalue weighted by molar-refractivity contribution is -0.0299. The van der Waals surface area contributed by atoms with E-state index in [9.17, 15) is 4.79 Å². The van der Waals surface area contributed by atoms with E-state index in [0.717, 1.165) is 93.9 Å². The van der Waals surface area contributed by atoms with Crippen LogP contribution in [0, 0.1) is 0 Å². The first-order chi connectivity index (χ1) is 21.8. The molecule has 15 heteroatoms. The van der Waals surface area contributed by atoms with E-state index >= 15 is 0 Å². The fourth-order valence-corrected chi connectivity index (χ4v) is 6.09. The minimum absolute atomic E-state index is 0.000245. The molecule has 242 valence electrons. The number of fused-ring (bicyclic) bond motifs is 2. The maximum atomic E-state index is 12.0. The lowest BCUT2D eigenvalue weighted by atomic mass is 10.1. The van der Waals surface area contributed by atoms with Gasteiger partial charge in [0.05, 0.1) is 12.7 Å². The van der Waals surface area contributed by atoms with E-state index < -0.39 is 5.60 Å². The topological polar surface area (TPSA) is 147 Å². The Hall–Kier alpha value is -3.62. The minimum Gasteiger partial charge on any atom is -0.444 e. The van der Waals surface area contributed by atoms with Crippen LogP contribution in [0.1, 0.15) is 84.6 Å². The van der Waals surface area contributed by atoms with Crippen LogP contribution in [0.3, 0.4) is 0 Å². The van der Waals surface area contributed by atoms with Crippen LogP contribution in [0.15, 0.2) is 25.3 Å². The predicted octanol–water partition coefficient (Wildman–Crippen LogP) is 5.20. The number of anilines is 1. The molecule has 0 radical (unpaired) electrons. The third kappa shape index (κ3) is 7.45. The fourth-order valence-electron chi connectivity index (χ4n) is 5.91. The highest BCUT2D eigenvalue weighted by atomic mass is 35.5. The van der Waals surface area contributed by atoms with Crippen molar-refractivity contribution in [2.75, 3.05) is 31.2 Å². The van der Waals surface area contributed by atoms with Gasteiger partial charge in [-0.25, -0.2) is 34.7 Å². The summed E-state index contributed by atoms with van der Waals surface area (Å²) in [7, 11) is 0. The number of aromatic nitrogens is 8. The Morgan fingerprint density at radius 1 is 0.822 bits per heavy atom. The van der Waals surface area contributed by atoms with Crippen molar-refractivity contribution in [3.8, 4) is 0 Å². The number of hydrogen-bond acceptors (Lipinski definition) is 11. The van der Waals surface area contributed by atoms with Crippen LogP contribution < -0.4 is 10.2 Å². The number of rotatable bonds is 4. The van der Waals surface area contributed by atoms with Crippen molar-refractivity contribution in [3.05, 3.63) is 30.5 Å². The first-order valence-electron chi connectivity index (χ1n) is 15.7. The third-order valence-electron chi connectivity index (χ3n) is 8.10. The first-order valence-corrected chi connectivity index (χ1v) is 16.1. The van der Waals surface area contributed by atoms with Crippen molar-refractivity contribution < 1.29 is 19.0 Å². The Balaban J connectivity index is 0.000000187. The van der Waals surface area contributed by atoms with Crippen LogP contribution in [0.25, 0.3) is 22.3 Å². The van der Waals surface area contributed by atoms with Crippen LogP contribution in [-0.2, 0) is 14.2 Å². The highest BCUT2D eigenvalue weighted by molar-refractivity contribution is 6.33. The van der Waals surface area contributed by atoms with Gasteiger partial charge in [-0.05, 0) is 72.1 Å². The standard InChI is InChI=1S/C20H30N6O3.C10H11ClN4O/c1-20(2,3)29-19(27)24-14-7-9-25(10-8-14)17-16-18(22-12-21-17)26(13-23-16)15-6-4-5-11-28-15;11-9-8-10(13-5-12-9)15(6-14-8)7-3-1-2-4-16-7/h12-15H,4-11H2,1-3H3,(H,24,27);5-7H,1-4H2. The summed E-state index contributed by atoms with van der Waals surface area (Å²) in [6.07, 6.45) is 14.5. The van der Waals surface area contributed by atoms with Crippen LogP contribution >= 0.6 is 11.6 Å². The molecule has 1 N–H and O–H groups in total. The first kappa shape index (κ1) is 31.4. The zero-order valence-corrected chi connectivity index (χ0v) is 26.8. The Labute approximate surface area is 266 Å². The number of carbonyl (C=O) groups excluding carboxylic acids is 1. The molecule has 1 amide bonds. The van der Waals surface area contributed by atoms with Crippen molar-refractivity contribution in [1.29, 1.82) is 0 Å². The lowest BCUT2D eigenvalue weighted by Crippen LogP contribution is -2.46. The van der Waals surface area contributed by atoms with E-state index in [4.69, 9.17) is 25.8 Å².